The van der Waals surface area contributed by atoms with Crippen LogP contribution < -0.4 is 0 Å². The summed E-state index contributed by atoms with van der Waals surface area (Å²) in [4.78, 5) is 0. The lowest BCUT2D eigenvalue weighted by Gasteiger charge is -2.14. The molecular formula is C8H9ClN2. The second kappa shape index (κ2) is 1.86. The van der Waals surface area contributed by atoms with Crippen molar-refractivity contribution in [2.45, 2.75) is 11.4 Å². The Balaban J connectivity index is 2.04. The number of allylic oxidation sites excluding steroid dienone is 1. The Labute approximate surface area is 70.3 Å². The first kappa shape index (κ1) is 6.18. The largest absolute Gasteiger partial charge is 0.193 e. The van der Waals surface area contributed by atoms with E-state index in [-0.39, 0.29) is 0 Å². The first-order valence-electron chi connectivity index (χ1n) is 4.07. The molecule has 5 unspecified atom stereocenters. The van der Waals surface area contributed by atoms with E-state index in [1.165, 1.54) is 0 Å². The quantitative estimate of drug-likeness (QED) is 0.390. The molecule has 5 atom stereocenters. The maximum atomic E-state index is 6.21. The highest BCUT2D eigenvalue weighted by atomic mass is 35.5. The zero-order valence-corrected chi connectivity index (χ0v) is 6.78. The van der Waals surface area contributed by atoms with Crippen molar-refractivity contribution in [3.05, 3.63) is 12.2 Å². The van der Waals surface area contributed by atoms with Crippen LogP contribution >= 0.6 is 11.6 Å². The Bertz CT molecular complexity index is 248. The molecule has 0 aromatic carbocycles. The van der Waals surface area contributed by atoms with Gasteiger partial charge in [0.1, 0.15) is 0 Å². The van der Waals surface area contributed by atoms with Crippen LogP contribution in [-0.2, 0) is 0 Å². The van der Waals surface area contributed by atoms with Crippen molar-refractivity contribution in [2.24, 2.45) is 28.0 Å². The Morgan fingerprint density at radius 1 is 1.27 bits per heavy atom. The summed E-state index contributed by atoms with van der Waals surface area (Å²) in [7, 11) is 0. The van der Waals surface area contributed by atoms with Crippen molar-refractivity contribution in [1.29, 1.82) is 0 Å². The summed E-state index contributed by atoms with van der Waals surface area (Å²) in [6, 6.07) is 0.424. The van der Waals surface area contributed by atoms with E-state index in [2.05, 4.69) is 22.4 Å². The zero-order valence-electron chi connectivity index (χ0n) is 6.02. The molecule has 3 aliphatic rings. The van der Waals surface area contributed by atoms with Gasteiger partial charge in [-0.3, -0.25) is 0 Å². The number of azo groups is 1. The van der Waals surface area contributed by atoms with Crippen LogP contribution in [0.5, 0.6) is 0 Å². The van der Waals surface area contributed by atoms with E-state index >= 15 is 0 Å². The molecule has 3 heteroatoms. The molecule has 0 aromatic heterocycles. The van der Waals surface area contributed by atoms with Gasteiger partial charge in [-0.1, -0.05) is 12.2 Å². The van der Waals surface area contributed by atoms with Crippen LogP contribution in [0.1, 0.15) is 0 Å². The van der Waals surface area contributed by atoms with E-state index in [1.807, 2.05) is 0 Å². The molecule has 0 N–H and O–H groups in total. The van der Waals surface area contributed by atoms with Crippen LogP contribution in [0.2, 0.25) is 0 Å². The smallest absolute Gasteiger partial charge is 0.0837 e. The molecule has 1 saturated carbocycles. The highest BCUT2D eigenvalue weighted by Crippen LogP contribution is 2.50. The third kappa shape index (κ3) is 0.598. The Morgan fingerprint density at radius 3 is 2.91 bits per heavy atom. The minimum Gasteiger partial charge on any atom is -0.193 e. The van der Waals surface area contributed by atoms with Crippen molar-refractivity contribution in [3.63, 3.8) is 0 Å². The molecule has 0 saturated heterocycles. The molecule has 1 aliphatic heterocycles. The Kier molecular flexibility index (Phi) is 1.05. The summed E-state index contributed by atoms with van der Waals surface area (Å²) < 4.78 is 0. The minimum atomic E-state index is 0.309. The predicted octanol–water partition coefficient (Wildman–Crippen LogP) is 1.86. The van der Waals surface area contributed by atoms with Crippen molar-refractivity contribution in [3.8, 4) is 0 Å². The third-order valence-corrected chi connectivity index (χ3v) is 3.71. The molecule has 0 radical (unpaired) electrons. The fourth-order valence-corrected chi connectivity index (χ4v) is 3.05. The average Bonchev–Trinajstić information content (AvgIpc) is 2.61. The van der Waals surface area contributed by atoms with Gasteiger partial charge in [-0.2, -0.15) is 10.2 Å². The first-order valence-corrected chi connectivity index (χ1v) is 4.50. The molecule has 0 spiro atoms. The van der Waals surface area contributed by atoms with Gasteiger partial charge in [0, 0.05) is 23.1 Å². The predicted molar refractivity (Wildman–Crippen MR) is 42.8 cm³/mol. The van der Waals surface area contributed by atoms with Gasteiger partial charge in [0.2, 0.25) is 0 Å². The topological polar surface area (TPSA) is 24.7 Å². The fraction of sp³-hybridized carbons (Fsp3) is 0.750. The SMILES string of the molecule is ClC1C2C=CC1C1N=NCC21. The van der Waals surface area contributed by atoms with Crippen LogP contribution in [0.4, 0.5) is 0 Å². The highest BCUT2D eigenvalue weighted by molar-refractivity contribution is 6.21. The van der Waals surface area contributed by atoms with Crippen molar-refractivity contribution < 1.29 is 0 Å². The lowest BCUT2D eigenvalue weighted by atomic mass is 9.91. The van der Waals surface area contributed by atoms with Gasteiger partial charge < -0.3 is 0 Å². The maximum Gasteiger partial charge on any atom is 0.0837 e. The van der Waals surface area contributed by atoms with Crippen LogP contribution in [0.3, 0.4) is 0 Å². The molecule has 0 amide bonds. The van der Waals surface area contributed by atoms with Gasteiger partial charge in [-0.25, -0.2) is 0 Å². The summed E-state index contributed by atoms with van der Waals surface area (Å²) in [6.07, 6.45) is 4.47. The van der Waals surface area contributed by atoms with E-state index in [1.54, 1.807) is 0 Å². The second-order valence-corrected chi connectivity index (χ2v) is 4.08. The molecule has 11 heavy (non-hydrogen) atoms. The van der Waals surface area contributed by atoms with Gasteiger partial charge in [-0.15, -0.1) is 11.6 Å². The maximum absolute atomic E-state index is 6.21. The lowest BCUT2D eigenvalue weighted by molar-refractivity contribution is 0.452. The van der Waals surface area contributed by atoms with Gasteiger partial charge in [0.15, 0.2) is 0 Å². The first-order chi connectivity index (χ1) is 5.38. The summed E-state index contributed by atoms with van der Waals surface area (Å²) in [5.41, 5.74) is 0. The Hall–Kier alpha value is -0.370. The van der Waals surface area contributed by atoms with E-state index in [0.717, 1.165) is 6.54 Å². The summed E-state index contributed by atoms with van der Waals surface area (Å²) >= 11 is 6.21. The molecule has 1 heterocycles. The van der Waals surface area contributed by atoms with Crippen molar-refractivity contribution in [1.82, 2.24) is 0 Å². The molecule has 3 rings (SSSR count). The number of fused-ring (bicyclic) bond motifs is 5. The molecular weight excluding hydrogens is 160 g/mol. The minimum absolute atomic E-state index is 0.309. The normalized spacial score (nSPS) is 57.4. The number of halogens is 1. The number of nitrogens with zero attached hydrogens (tertiary/aromatic N) is 2. The number of rotatable bonds is 0. The molecule has 0 aromatic rings. The van der Waals surface area contributed by atoms with Gasteiger partial charge in [0.25, 0.3) is 0 Å². The summed E-state index contributed by atoms with van der Waals surface area (Å²) in [5.74, 6) is 1.67. The van der Waals surface area contributed by atoms with E-state index in [0.29, 0.717) is 29.2 Å². The van der Waals surface area contributed by atoms with Crippen LogP contribution in [-0.4, -0.2) is 18.0 Å². The molecule has 2 bridgehead atoms. The zero-order chi connectivity index (χ0) is 7.42. The van der Waals surface area contributed by atoms with E-state index < -0.39 is 0 Å². The third-order valence-electron chi connectivity index (χ3n) is 3.13. The summed E-state index contributed by atoms with van der Waals surface area (Å²) in [5, 5.41) is 8.60. The number of alkyl halides is 1. The second-order valence-electron chi connectivity index (χ2n) is 3.58. The Morgan fingerprint density at radius 2 is 2.09 bits per heavy atom. The lowest BCUT2D eigenvalue weighted by Crippen LogP contribution is -2.20. The fourth-order valence-electron chi connectivity index (χ4n) is 2.55. The van der Waals surface area contributed by atoms with E-state index in [9.17, 15) is 0 Å². The molecule has 58 valence electrons. The van der Waals surface area contributed by atoms with Crippen LogP contribution in [0, 0.1) is 17.8 Å². The van der Waals surface area contributed by atoms with Crippen LogP contribution in [0.15, 0.2) is 22.4 Å². The van der Waals surface area contributed by atoms with Gasteiger partial charge in [-0.05, 0) is 0 Å². The van der Waals surface area contributed by atoms with E-state index in [4.69, 9.17) is 11.6 Å². The molecule has 1 fully saturated rings. The van der Waals surface area contributed by atoms with Crippen molar-refractivity contribution >= 4 is 11.6 Å². The molecule has 2 aliphatic carbocycles. The van der Waals surface area contributed by atoms with Crippen molar-refractivity contribution in [2.75, 3.05) is 6.54 Å². The highest BCUT2D eigenvalue weighted by Gasteiger charge is 2.52. The monoisotopic (exact) mass is 168 g/mol. The van der Waals surface area contributed by atoms with Gasteiger partial charge in [0.05, 0.1) is 12.6 Å². The van der Waals surface area contributed by atoms with Gasteiger partial charge >= 0.3 is 0 Å². The van der Waals surface area contributed by atoms with Crippen LogP contribution in [0.25, 0.3) is 0 Å². The number of hydrogen-bond donors (Lipinski definition) is 0. The average molecular weight is 169 g/mol. The summed E-state index contributed by atoms with van der Waals surface area (Å²) in [6.45, 7) is 0.902. The number of hydrogen-bond acceptors (Lipinski definition) is 2. The standard InChI is InChI=1S/C8H9ClN2/c9-7-4-1-2-5(7)8-6(4)3-10-11-8/h1-2,4-8H,3H2. The molecule has 2 nitrogen and oxygen atoms in total.